The number of hydrogen-bond donors (Lipinski definition) is 1. The van der Waals surface area contributed by atoms with Crippen molar-refractivity contribution in [3.05, 3.63) is 36.0 Å². The molecule has 2 heterocycles. The summed E-state index contributed by atoms with van der Waals surface area (Å²) in [6.07, 6.45) is -8.27. The van der Waals surface area contributed by atoms with Gasteiger partial charge in [-0.2, -0.15) is 26.3 Å². The van der Waals surface area contributed by atoms with Gasteiger partial charge < -0.3 is 10.6 Å². The molecule has 0 bridgehead atoms. The molecule has 0 unspecified atom stereocenters. The van der Waals surface area contributed by atoms with E-state index in [1.807, 2.05) is 0 Å². The van der Waals surface area contributed by atoms with E-state index in [4.69, 9.17) is 5.73 Å². The number of pyridine rings is 1. The molecule has 30 heavy (non-hydrogen) atoms. The first-order valence-corrected chi connectivity index (χ1v) is 9.42. The van der Waals surface area contributed by atoms with E-state index in [0.29, 0.717) is 0 Å². The number of aromatic nitrogens is 1. The van der Waals surface area contributed by atoms with Crippen molar-refractivity contribution in [3.63, 3.8) is 0 Å². The van der Waals surface area contributed by atoms with E-state index in [2.05, 4.69) is 4.98 Å². The molecule has 0 radical (unpaired) electrons. The van der Waals surface area contributed by atoms with Gasteiger partial charge in [-0.15, -0.1) is 0 Å². The van der Waals surface area contributed by atoms with E-state index in [0.717, 1.165) is 6.07 Å². The van der Waals surface area contributed by atoms with Crippen molar-refractivity contribution in [3.8, 4) is 0 Å². The molecule has 3 rings (SSSR count). The Balaban J connectivity index is 2.02. The number of halogens is 6. The van der Waals surface area contributed by atoms with Gasteiger partial charge in [-0.25, -0.2) is 0 Å². The molecule has 1 fully saturated rings. The number of Topliss-reactive ketones (excluding diaryl/α,β-unsaturated/α-hetero) is 1. The molecule has 1 aromatic carbocycles. The first-order chi connectivity index (χ1) is 13.9. The molecule has 10 heteroatoms. The summed E-state index contributed by atoms with van der Waals surface area (Å²) in [5, 5.41) is 0.118. The predicted octanol–water partition coefficient (Wildman–Crippen LogP) is 4.56. The van der Waals surface area contributed by atoms with Gasteiger partial charge in [-0.05, 0) is 43.5 Å². The Morgan fingerprint density at radius 3 is 2.50 bits per heavy atom. The first kappa shape index (κ1) is 22.3. The largest absolute Gasteiger partial charge is 0.418 e. The highest BCUT2D eigenvalue weighted by molar-refractivity contribution is 5.94. The Morgan fingerprint density at radius 2 is 1.90 bits per heavy atom. The van der Waals surface area contributed by atoms with Gasteiger partial charge in [0.15, 0.2) is 0 Å². The van der Waals surface area contributed by atoms with Crippen molar-refractivity contribution in [2.45, 2.75) is 38.2 Å². The summed E-state index contributed by atoms with van der Waals surface area (Å²) in [7, 11) is 0. The third-order valence-electron chi connectivity index (χ3n) is 5.39. The van der Waals surface area contributed by atoms with Crippen LogP contribution < -0.4 is 10.6 Å². The van der Waals surface area contributed by atoms with Gasteiger partial charge in [-0.1, -0.05) is 0 Å². The Bertz CT molecular complexity index is 925. The maximum Gasteiger partial charge on any atom is 0.418 e. The number of hydrogen-bond acceptors (Lipinski definition) is 4. The second kappa shape index (κ2) is 8.05. The second-order valence-corrected chi connectivity index (χ2v) is 7.73. The van der Waals surface area contributed by atoms with E-state index in [-0.39, 0.29) is 41.8 Å². The van der Waals surface area contributed by atoms with E-state index >= 15 is 0 Å². The fraction of sp³-hybridized carbons (Fsp3) is 0.500. The van der Waals surface area contributed by atoms with Gasteiger partial charge in [0, 0.05) is 36.8 Å². The van der Waals surface area contributed by atoms with E-state index in [1.165, 1.54) is 36.2 Å². The molecule has 1 aliphatic rings. The maximum atomic E-state index is 13.5. The second-order valence-electron chi connectivity index (χ2n) is 7.73. The quantitative estimate of drug-likeness (QED) is 0.718. The third-order valence-corrected chi connectivity index (χ3v) is 5.39. The average molecular weight is 433 g/mol. The molecule has 0 aliphatic carbocycles. The lowest BCUT2D eigenvalue weighted by Crippen LogP contribution is -2.47. The van der Waals surface area contributed by atoms with E-state index < -0.39 is 42.3 Å². The van der Waals surface area contributed by atoms with E-state index in [1.54, 1.807) is 0 Å². The summed E-state index contributed by atoms with van der Waals surface area (Å²) in [5.41, 5.74) is 4.52. The molecular weight excluding hydrogens is 412 g/mol. The van der Waals surface area contributed by atoms with Crippen LogP contribution in [0.15, 0.2) is 30.5 Å². The molecule has 1 aromatic heterocycles. The van der Waals surface area contributed by atoms with Crippen LogP contribution in [0.5, 0.6) is 0 Å². The molecular formula is C20H21F6N3O. The maximum absolute atomic E-state index is 13.5. The molecule has 4 nitrogen and oxygen atoms in total. The highest BCUT2D eigenvalue weighted by Crippen LogP contribution is 2.42. The summed E-state index contributed by atoms with van der Waals surface area (Å²) in [4.78, 5) is 17.2. The lowest BCUT2D eigenvalue weighted by molar-refractivity contribution is -0.179. The number of fused-ring (bicyclic) bond motifs is 1. The Kier molecular flexibility index (Phi) is 5.99. The Morgan fingerprint density at radius 1 is 1.20 bits per heavy atom. The van der Waals surface area contributed by atoms with Crippen LogP contribution in [0.1, 0.15) is 25.3 Å². The summed E-state index contributed by atoms with van der Waals surface area (Å²) in [6.45, 7) is 1.18. The third kappa shape index (κ3) is 4.69. The van der Waals surface area contributed by atoms with Crippen LogP contribution in [0.25, 0.3) is 10.9 Å². The minimum absolute atomic E-state index is 0.112. The molecule has 164 valence electrons. The SMILES string of the molecule is C[C@H](N)C(=O)C[C@@H]1C[C@H](C(F)(F)F)CN(c2ccc(C(F)(F)F)c3ncccc23)C1. The average Bonchev–Trinajstić information content (AvgIpc) is 2.65. The number of nitrogens with zero attached hydrogens (tertiary/aromatic N) is 2. The van der Waals surface area contributed by atoms with Crippen LogP contribution >= 0.6 is 0 Å². The number of carbonyl (C=O) groups excluding carboxylic acids is 1. The standard InChI is InChI=1S/C20H21F6N3O/c1-11(27)17(30)8-12-7-13(19(21,22)23)10-29(9-12)16-5-4-15(20(24,25)26)18-14(16)3-2-6-28-18/h2-6,11-13H,7-10,27H2,1H3/t11-,12-,13-/m0/s1. The summed E-state index contributed by atoms with van der Waals surface area (Å²) >= 11 is 0. The highest BCUT2D eigenvalue weighted by atomic mass is 19.4. The van der Waals surface area contributed by atoms with E-state index in [9.17, 15) is 31.1 Å². The fourth-order valence-electron chi connectivity index (χ4n) is 3.92. The molecule has 3 atom stereocenters. The van der Waals surface area contributed by atoms with Gasteiger partial charge in [0.25, 0.3) is 0 Å². The molecule has 1 aliphatic heterocycles. The van der Waals surface area contributed by atoms with Crippen LogP contribution in [0.3, 0.4) is 0 Å². The molecule has 2 aromatic rings. The fourth-order valence-corrected chi connectivity index (χ4v) is 3.92. The lowest BCUT2D eigenvalue weighted by Gasteiger charge is -2.40. The van der Waals surface area contributed by atoms with Crippen LogP contribution in [0, 0.1) is 11.8 Å². The minimum atomic E-state index is -4.65. The molecule has 0 spiro atoms. The first-order valence-electron chi connectivity index (χ1n) is 9.42. The van der Waals surface area contributed by atoms with Crippen molar-refractivity contribution in [2.75, 3.05) is 18.0 Å². The number of alkyl halides is 6. The monoisotopic (exact) mass is 433 g/mol. The van der Waals surface area contributed by atoms with Gasteiger partial charge in [0.1, 0.15) is 5.78 Å². The molecule has 2 N–H and O–H groups in total. The smallest absolute Gasteiger partial charge is 0.370 e. The highest BCUT2D eigenvalue weighted by Gasteiger charge is 2.45. The predicted molar refractivity (Wildman–Crippen MR) is 99.9 cm³/mol. The van der Waals surface area contributed by atoms with Crippen molar-refractivity contribution < 1.29 is 31.1 Å². The van der Waals surface area contributed by atoms with Gasteiger partial charge >= 0.3 is 12.4 Å². The molecule has 0 amide bonds. The minimum Gasteiger partial charge on any atom is -0.370 e. The number of benzene rings is 1. The summed E-state index contributed by atoms with van der Waals surface area (Å²) < 4.78 is 80.6. The zero-order valence-corrected chi connectivity index (χ0v) is 16.1. The number of nitrogens with two attached hydrogens (primary N) is 1. The van der Waals surface area contributed by atoms with Crippen molar-refractivity contribution in [1.29, 1.82) is 0 Å². The zero-order chi connectivity index (χ0) is 22.3. The van der Waals surface area contributed by atoms with Crippen molar-refractivity contribution in [1.82, 2.24) is 4.98 Å². The summed E-state index contributed by atoms with van der Waals surface area (Å²) in [5.74, 6) is -2.66. The Labute approximate surface area is 169 Å². The van der Waals surface area contributed by atoms with Crippen LogP contribution in [-0.4, -0.2) is 36.1 Å². The topological polar surface area (TPSA) is 59.2 Å². The van der Waals surface area contributed by atoms with Gasteiger partial charge in [0.05, 0.1) is 23.0 Å². The van der Waals surface area contributed by atoms with Crippen molar-refractivity contribution in [2.24, 2.45) is 17.6 Å². The number of piperidine rings is 1. The van der Waals surface area contributed by atoms with Crippen LogP contribution in [0.2, 0.25) is 0 Å². The summed E-state index contributed by atoms with van der Waals surface area (Å²) in [6, 6.07) is 4.07. The molecule has 0 saturated carbocycles. The van der Waals surface area contributed by atoms with Crippen LogP contribution in [-0.2, 0) is 11.0 Å². The number of carbonyl (C=O) groups is 1. The van der Waals surface area contributed by atoms with Gasteiger partial charge in [0.2, 0.25) is 0 Å². The normalized spacial score (nSPS) is 21.7. The van der Waals surface area contributed by atoms with Crippen molar-refractivity contribution >= 4 is 22.4 Å². The van der Waals surface area contributed by atoms with Gasteiger partial charge in [-0.3, -0.25) is 9.78 Å². The Hall–Kier alpha value is -2.36. The number of anilines is 1. The number of rotatable bonds is 4. The zero-order valence-electron chi connectivity index (χ0n) is 16.1. The molecule has 1 saturated heterocycles. The van der Waals surface area contributed by atoms with Crippen LogP contribution in [0.4, 0.5) is 32.0 Å². The number of ketones is 1. The lowest BCUT2D eigenvalue weighted by atomic mass is 9.84.